The fourth-order valence-electron chi connectivity index (χ4n) is 2.06. The van der Waals surface area contributed by atoms with Gasteiger partial charge in [0.2, 0.25) is 0 Å². The van der Waals surface area contributed by atoms with Gasteiger partial charge in [-0.15, -0.1) is 0 Å². The second-order valence-electron chi connectivity index (χ2n) is 4.93. The van der Waals surface area contributed by atoms with Crippen LogP contribution >= 0.6 is 12.2 Å². The zero-order chi connectivity index (χ0) is 14.7. The molecule has 2 aromatic rings. The molecule has 2 rings (SSSR count). The number of hydrogen-bond donors (Lipinski definition) is 2. The van der Waals surface area contributed by atoms with Crippen molar-refractivity contribution in [2.24, 2.45) is 5.73 Å². The summed E-state index contributed by atoms with van der Waals surface area (Å²) in [6.07, 6.45) is 0. The Hall–Kier alpha value is -1.94. The maximum Gasteiger partial charge on any atom is 0.135 e. The molecule has 0 bridgehead atoms. The lowest BCUT2D eigenvalue weighted by Gasteiger charge is -2.15. The van der Waals surface area contributed by atoms with Crippen molar-refractivity contribution in [2.75, 3.05) is 5.32 Å². The maximum absolute atomic E-state index is 13.9. The molecule has 0 spiro atoms. The molecule has 0 atom stereocenters. The minimum absolute atomic E-state index is 0.0663. The Kier molecular flexibility index (Phi) is 4.35. The zero-order valence-electron chi connectivity index (χ0n) is 11.5. The maximum atomic E-state index is 13.9. The predicted octanol–water partition coefficient (Wildman–Crippen LogP) is 4.33. The molecule has 2 aromatic carbocycles. The Morgan fingerprint density at radius 3 is 2.50 bits per heavy atom. The molecule has 104 valence electrons. The van der Waals surface area contributed by atoms with Crippen LogP contribution in [0.1, 0.15) is 30.9 Å². The van der Waals surface area contributed by atoms with Crippen molar-refractivity contribution in [3.8, 4) is 0 Å². The number of rotatable bonds is 4. The van der Waals surface area contributed by atoms with Gasteiger partial charge in [-0.25, -0.2) is 4.39 Å². The van der Waals surface area contributed by atoms with Crippen molar-refractivity contribution in [2.45, 2.75) is 19.8 Å². The smallest absolute Gasteiger partial charge is 0.135 e. The molecule has 0 aliphatic carbocycles. The highest BCUT2D eigenvalue weighted by Crippen LogP contribution is 2.27. The first-order chi connectivity index (χ1) is 9.49. The Balaban J connectivity index is 2.31. The van der Waals surface area contributed by atoms with E-state index in [1.165, 1.54) is 11.6 Å². The van der Waals surface area contributed by atoms with E-state index in [2.05, 4.69) is 25.2 Å². The summed E-state index contributed by atoms with van der Waals surface area (Å²) in [6.45, 7) is 4.24. The van der Waals surface area contributed by atoms with Gasteiger partial charge in [0.1, 0.15) is 10.8 Å². The van der Waals surface area contributed by atoms with Gasteiger partial charge in [-0.3, -0.25) is 0 Å². The summed E-state index contributed by atoms with van der Waals surface area (Å²) in [5.74, 6) is -0.0241. The van der Waals surface area contributed by atoms with Gasteiger partial charge in [0.05, 0.1) is 0 Å². The molecule has 2 nitrogen and oxygen atoms in total. The average molecular weight is 288 g/mol. The summed E-state index contributed by atoms with van der Waals surface area (Å²) in [5, 5.41) is 3.24. The SMILES string of the molecule is CC(C)c1ccccc1Nc1ccc(C(N)=S)c(F)c1. The van der Waals surface area contributed by atoms with Crippen LogP contribution in [-0.4, -0.2) is 4.99 Å². The molecule has 0 aromatic heterocycles. The molecule has 0 aliphatic heterocycles. The number of para-hydroxylation sites is 1. The van der Waals surface area contributed by atoms with Crippen LogP contribution in [0.3, 0.4) is 0 Å². The molecule has 0 radical (unpaired) electrons. The number of halogens is 1. The summed E-state index contributed by atoms with van der Waals surface area (Å²) in [5.41, 5.74) is 8.56. The van der Waals surface area contributed by atoms with E-state index in [-0.39, 0.29) is 10.6 Å². The van der Waals surface area contributed by atoms with Crippen LogP contribution in [0, 0.1) is 5.82 Å². The van der Waals surface area contributed by atoms with Crippen LogP contribution in [0.5, 0.6) is 0 Å². The normalized spacial score (nSPS) is 10.6. The van der Waals surface area contributed by atoms with E-state index in [1.807, 2.05) is 18.2 Å². The highest BCUT2D eigenvalue weighted by atomic mass is 32.1. The molecule has 0 aliphatic rings. The quantitative estimate of drug-likeness (QED) is 0.823. The van der Waals surface area contributed by atoms with Crippen LogP contribution in [0.25, 0.3) is 0 Å². The minimum Gasteiger partial charge on any atom is -0.389 e. The monoisotopic (exact) mass is 288 g/mol. The van der Waals surface area contributed by atoms with E-state index in [9.17, 15) is 4.39 Å². The fourth-order valence-corrected chi connectivity index (χ4v) is 2.23. The standard InChI is InChI=1S/C16H17FN2S/c1-10(2)12-5-3-4-6-15(12)19-11-7-8-13(16(18)20)14(17)9-11/h3-10,19H,1-2H3,(H2,18,20). The van der Waals surface area contributed by atoms with E-state index in [1.54, 1.807) is 12.1 Å². The molecular weight excluding hydrogens is 271 g/mol. The van der Waals surface area contributed by atoms with Gasteiger partial charge >= 0.3 is 0 Å². The van der Waals surface area contributed by atoms with Gasteiger partial charge in [0.15, 0.2) is 0 Å². The zero-order valence-corrected chi connectivity index (χ0v) is 12.3. The summed E-state index contributed by atoms with van der Waals surface area (Å²) in [4.78, 5) is 0.0663. The molecule has 3 N–H and O–H groups in total. The molecule has 0 saturated heterocycles. The Bertz CT molecular complexity index is 638. The van der Waals surface area contributed by atoms with Crippen molar-refractivity contribution in [1.29, 1.82) is 0 Å². The van der Waals surface area contributed by atoms with E-state index in [0.717, 1.165) is 5.69 Å². The molecule has 0 unspecified atom stereocenters. The molecule has 0 saturated carbocycles. The number of anilines is 2. The Labute approximate surface area is 123 Å². The number of nitrogens with one attached hydrogen (secondary N) is 1. The van der Waals surface area contributed by atoms with Crippen molar-refractivity contribution in [1.82, 2.24) is 0 Å². The van der Waals surface area contributed by atoms with Gasteiger partial charge in [-0.1, -0.05) is 44.3 Å². The van der Waals surface area contributed by atoms with Crippen molar-refractivity contribution in [3.63, 3.8) is 0 Å². The summed E-state index contributed by atoms with van der Waals surface area (Å²) < 4.78 is 13.9. The average Bonchev–Trinajstić information content (AvgIpc) is 2.38. The lowest BCUT2D eigenvalue weighted by molar-refractivity contribution is 0.626. The van der Waals surface area contributed by atoms with Crippen molar-refractivity contribution < 1.29 is 4.39 Å². The topological polar surface area (TPSA) is 38.0 Å². The third kappa shape index (κ3) is 3.14. The number of hydrogen-bond acceptors (Lipinski definition) is 2. The summed E-state index contributed by atoms with van der Waals surface area (Å²) in [6, 6.07) is 12.8. The van der Waals surface area contributed by atoms with Gasteiger partial charge in [-0.05, 0) is 35.7 Å². The summed E-state index contributed by atoms with van der Waals surface area (Å²) >= 11 is 4.79. The first kappa shape index (κ1) is 14.5. The summed E-state index contributed by atoms with van der Waals surface area (Å²) in [7, 11) is 0. The first-order valence-electron chi connectivity index (χ1n) is 6.44. The van der Waals surface area contributed by atoms with Crippen LogP contribution in [0.2, 0.25) is 0 Å². The van der Waals surface area contributed by atoms with E-state index in [4.69, 9.17) is 18.0 Å². The van der Waals surface area contributed by atoms with Crippen LogP contribution in [0.15, 0.2) is 42.5 Å². The van der Waals surface area contributed by atoms with Crippen LogP contribution < -0.4 is 11.1 Å². The lowest BCUT2D eigenvalue weighted by atomic mass is 10.0. The first-order valence-corrected chi connectivity index (χ1v) is 6.85. The minimum atomic E-state index is -0.412. The second kappa shape index (κ2) is 6.01. The fraction of sp³-hybridized carbons (Fsp3) is 0.188. The molecule has 20 heavy (non-hydrogen) atoms. The number of nitrogens with two attached hydrogens (primary N) is 1. The second-order valence-corrected chi connectivity index (χ2v) is 5.37. The molecule has 0 fully saturated rings. The number of thiocarbonyl (C=S) groups is 1. The Morgan fingerprint density at radius 1 is 1.20 bits per heavy atom. The number of benzene rings is 2. The van der Waals surface area contributed by atoms with Crippen molar-refractivity contribution >= 4 is 28.6 Å². The van der Waals surface area contributed by atoms with Crippen LogP contribution in [-0.2, 0) is 0 Å². The Morgan fingerprint density at radius 2 is 1.90 bits per heavy atom. The molecule has 0 heterocycles. The molecule has 0 amide bonds. The van der Waals surface area contributed by atoms with E-state index >= 15 is 0 Å². The lowest BCUT2D eigenvalue weighted by Crippen LogP contribution is -2.11. The molecule has 4 heteroatoms. The predicted molar refractivity (Wildman–Crippen MR) is 86.1 cm³/mol. The van der Waals surface area contributed by atoms with E-state index in [0.29, 0.717) is 11.6 Å². The third-order valence-corrected chi connectivity index (χ3v) is 3.32. The third-order valence-electron chi connectivity index (χ3n) is 3.10. The van der Waals surface area contributed by atoms with Crippen LogP contribution in [0.4, 0.5) is 15.8 Å². The van der Waals surface area contributed by atoms with E-state index < -0.39 is 5.82 Å². The molecular formula is C16H17FN2S. The van der Waals surface area contributed by atoms with Gasteiger partial charge < -0.3 is 11.1 Å². The van der Waals surface area contributed by atoms with Gasteiger partial charge in [0.25, 0.3) is 0 Å². The van der Waals surface area contributed by atoms with Gasteiger partial charge in [0, 0.05) is 16.9 Å². The highest BCUT2D eigenvalue weighted by molar-refractivity contribution is 7.80. The largest absolute Gasteiger partial charge is 0.389 e. The van der Waals surface area contributed by atoms with Gasteiger partial charge in [-0.2, -0.15) is 0 Å². The highest BCUT2D eigenvalue weighted by Gasteiger charge is 2.09. The van der Waals surface area contributed by atoms with Crippen molar-refractivity contribution in [3.05, 3.63) is 59.4 Å².